The summed E-state index contributed by atoms with van der Waals surface area (Å²) in [5.41, 5.74) is 11.0. The van der Waals surface area contributed by atoms with Crippen LogP contribution in [0.2, 0.25) is 0 Å². The lowest BCUT2D eigenvalue weighted by Gasteiger charge is -2.07. The van der Waals surface area contributed by atoms with Gasteiger partial charge < -0.3 is 16.0 Å². The van der Waals surface area contributed by atoms with Crippen LogP contribution in [0.3, 0.4) is 0 Å². The molecule has 0 unspecified atom stereocenters. The van der Waals surface area contributed by atoms with Gasteiger partial charge in [0.2, 0.25) is 0 Å². The molecule has 6 nitrogen and oxygen atoms in total. The van der Waals surface area contributed by atoms with Crippen LogP contribution in [0.15, 0.2) is 73.2 Å². The number of hydrogen-bond acceptors (Lipinski definition) is 3. The fraction of sp³-hybridized carbons (Fsp3) is 0.0870. The number of amidine groups is 1. The Morgan fingerprint density at radius 3 is 2.66 bits per heavy atom. The molecule has 144 valence electrons. The first-order valence-electron chi connectivity index (χ1n) is 9.35. The molecule has 29 heavy (non-hydrogen) atoms. The molecule has 0 radical (unpaired) electrons. The van der Waals surface area contributed by atoms with Crippen molar-refractivity contribution in [1.29, 1.82) is 5.41 Å². The summed E-state index contributed by atoms with van der Waals surface area (Å²) < 4.78 is 0. The van der Waals surface area contributed by atoms with E-state index in [-0.39, 0.29) is 11.7 Å². The number of aromatic amines is 1. The number of fused-ring (bicyclic) bond motifs is 1. The maximum Gasteiger partial charge on any atom is 0.251 e. The number of carbonyl (C=O) groups is 1. The monoisotopic (exact) mass is 383 g/mol. The Bertz CT molecular complexity index is 1160. The van der Waals surface area contributed by atoms with E-state index in [4.69, 9.17) is 11.1 Å². The fourth-order valence-electron chi connectivity index (χ4n) is 3.32. The molecular formula is C23H21N5O. The summed E-state index contributed by atoms with van der Waals surface area (Å²) in [5, 5.41) is 11.5. The van der Waals surface area contributed by atoms with Crippen molar-refractivity contribution in [3.8, 4) is 11.1 Å². The SMILES string of the molecule is N=C(N)c1c[nH]c2ccc(CCNC(=O)c3ccc(-c4cccnc4)cc3)cc12. The van der Waals surface area contributed by atoms with Crippen molar-refractivity contribution in [3.63, 3.8) is 0 Å². The first-order valence-corrected chi connectivity index (χ1v) is 9.35. The van der Waals surface area contributed by atoms with Crippen LogP contribution in [0.1, 0.15) is 21.5 Å². The Labute approximate surface area is 168 Å². The number of nitrogens with two attached hydrogens (primary N) is 1. The number of aromatic nitrogens is 2. The lowest BCUT2D eigenvalue weighted by molar-refractivity contribution is 0.0954. The Hall–Kier alpha value is -3.93. The number of carbonyl (C=O) groups excluding carboxylic acids is 1. The van der Waals surface area contributed by atoms with Crippen LogP contribution in [-0.2, 0) is 6.42 Å². The summed E-state index contributed by atoms with van der Waals surface area (Å²) in [6, 6.07) is 17.4. The Kier molecular flexibility index (Phi) is 5.07. The third-order valence-electron chi connectivity index (χ3n) is 4.88. The van der Waals surface area contributed by atoms with Crippen molar-refractivity contribution in [2.24, 2.45) is 5.73 Å². The largest absolute Gasteiger partial charge is 0.384 e. The topological polar surface area (TPSA) is 108 Å². The van der Waals surface area contributed by atoms with E-state index < -0.39 is 0 Å². The number of hydrogen-bond donors (Lipinski definition) is 4. The number of rotatable bonds is 6. The molecule has 0 aliphatic heterocycles. The second kappa shape index (κ2) is 7.98. The maximum atomic E-state index is 12.4. The van der Waals surface area contributed by atoms with Gasteiger partial charge >= 0.3 is 0 Å². The number of amides is 1. The van der Waals surface area contributed by atoms with Gasteiger partial charge in [-0.05, 0) is 53.4 Å². The van der Waals surface area contributed by atoms with Gasteiger partial charge in [0.25, 0.3) is 5.91 Å². The van der Waals surface area contributed by atoms with Gasteiger partial charge in [-0.2, -0.15) is 0 Å². The minimum atomic E-state index is -0.102. The predicted octanol–water partition coefficient (Wildman–Crippen LogP) is 3.49. The highest BCUT2D eigenvalue weighted by molar-refractivity contribution is 6.07. The number of pyridine rings is 1. The predicted molar refractivity (Wildman–Crippen MR) is 115 cm³/mol. The molecule has 0 saturated carbocycles. The number of nitrogens with one attached hydrogen (secondary N) is 3. The normalized spacial score (nSPS) is 10.8. The van der Waals surface area contributed by atoms with Crippen molar-refractivity contribution in [2.45, 2.75) is 6.42 Å². The summed E-state index contributed by atoms with van der Waals surface area (Å²) in [6.45, 7) is 0.522. The van der Waals surface area contributed by atoms with Crippen molar-refractivity contribution in [2.75, 3.05) is 6.54 Å². The van der Waals surface area contributed by atoms with Crippen LogP contribution < -0.4 is 11.1 Å². The van der Waals surface area contributed by atoms with Gasteiger partial charge in [0.15, 0.2) is 0 Å². The van der Waals surface area contributed by atoms with Gasteiger partial charge in [-0.1, -0.05) is 24.3 Å². The first-order chi connectivity index (χ1) is 14.1. The van der Waals surface area contributed by atoms with E-state index in [2.05, 4.69) is 15.3 Å². The number of H-pyrrole nitrogens is 1. The van der Waals surface area contributed by atoms with Crippen LogP contribution >= 0.6 is 0 Å². The summed E-state index contributed by atoms with van der Waals surface area (Å²) in [4.78, 5) is 19.7. The summed E-state index contributed by atoms with van der Waals surface area (Å²) in [5.74, 6) is -0.0636. The third-order valence-corrected chi connectivity index (χ3v) is 4.88. The van der Waals surface area contributed by atoms with E-state index in [9.17, 15) is 4.79 Å². The average Bonchev–Trinajstić information content (AvgIpc) is 3.18. The molecule has 2 aromatic carbocycles. The molecule has 0 saturated heterocycles. The molecule has 4 aromatic rings. The Morgan fingerprint density at radius 2 is 1.93 bits per heavy atom. The van der Waals surface area contributed by atoms with Gasteiger partial charge in [-0.15, -0.1) is 0 Å². The number of nitrogen functional groups attached to an aromatic ring is 1. The van der Waals surface area contributed by atoms with E-state index in [0.717, 1.165) is 27.6 Å². The molecule has 4 rings (SSSR count). The second-order valence-corrected chi connectivity index (χ2v) is 6.82. The number of benzene rings is 2. The fourth-order valence-corrected chi connectivity index (χ4v) is 3.32. The standard InChI is InChI=1S/C23H21N5O/c24-22(25)20-14-28-21-8-3-15(12-19(20)21)9-11-27-23(29)17-6-4-16(5-7-17)18-2-1-10-26-13-18/h1-8,10,12-14,28H,9,11H2,(H3,24,25)(H,27,29). The molecule has 1 amide bonds. The third kappa shape index (κ3) is 4.01. The average molecular weight is 383 g/mol. The molecule has 5 N–H and O–H groups in total. The van der Waals surface area contributed by atoms with E-state index >= 15 is 0 Å². The van der Waals surface area contributed by atoms with Crippen molar-refractivity contribution < 1.29 is 4.79 Å². The highest BCUT2D eigenvalue weighted by Gasteiger charge is 2.08. The quantitative estimate of drug-likeness (QED) is 0.302. The van der Waals surface area contributed by atoms with Crippen molar-refractivity contribution in [3.05, 3.63) is 89.9 Å². The Morgan fingerprint density at radius 1 is 1.10 bits per heavy atom. The van der Waals surface area contributed by atoms with Crippen LogP contribution in [-0.4, -0.2) is 28.3 Å². The molecule has 6 heteroatoms. The maximum absolute atomic E-state index is 12.4. The van der Waals surface area contributed by atoms with Gasteiger partial charge in [-0.3, -0.25) is 15.2 Å². The molecule has 2 heterocycles. The zero-order chi connectivity index (χ0) is 20.2. The van der Waals surface area contributed by atoms with Crippen LogP contribution in [0, 0.1) is 5.41 Å². The highest BCUT2D eigenvalue weighted by Crippen LogP contribution is 2.20. The molecule has 0 fully saturated rings. The van der Waals surface area contributed by atoms with E-state index in [1.165, 1.54) is 0 Å². The van der Waals surface area contributed by atoms with Crippen molar-refractivity contribution in [1.82, 2.24) is 15.3 Å². The van der Waals surface area contributed by atoms with Crippen molar-refractivity contribution >= 4 is 22.6 Å². The van der Waals surface area contributed by atoms with Gasteiger partial charge in [0.05, 0.1) is 0 Å². The molecule has 2 aromatic heterocycles. The molecule has 0 atom stereocenters. The van der Waals surface area contributed by atoms with Gasteiger partial charge in [-0.25, -0.2) is 0 Å². The van der Waals surface area contributed by atoms with E-state index in [0.29, 0.717) is 24.1 Å². The molecule has 0 aliphatic carbocycles. The Balaban J connectivity index is 1.38. The van der Waals surface area contributed by atoms with E-state index in [1.54, 1.807) is 18.6 Å². The smallest absolute Gasteiger partial charge is 0.251 e. The zero-order valence-electron chi connectivity index (χ0n) is 15.8. The van der Waals surface area contributed by atoms with Gasteiger partial charge in [0.1, 0.15) is 5.84 Å². The number of nitrogens with zero attached hydrogens (tertiary/aromatic N) is 1. The molecular weight excluding hydrogens is 362 g/mol. The minimum absolute atomic E-state index is 0.0384. The summed E-state index contributed by atoms with van der Waals surface area (Å²) >= 11 is 0. The molecule has 0 bridgehead atoms. The lowest BCUT2D eigenvalue weighted by atomic mass is 10.1. The summed E-state index contributed by atoms with van der Waals surface area (Å²) in [7, 11) is 0. The second-order valence-electron chi connectivity index (χ2n) is 6.82. The first kappa shape index (κ1) is 18.4. The summed E-state index contributed by atoms with van der Waals surface area (Å²) in [6.07, 6.45) is 5.97. The van der Waals surface area contributed by atoms with Crippen LogP contribution in [0.4, 0.5) is 0 Å². The van der Waals surface area contributed by atoms with Crippen LogP contribution in [0.25, 0.3) is 22.0 Å². The molecule has 0 spiro atoms. The van der Waals surface area contributed by atoms with Gasteiger partial charge in [0, 0.05) is 47.2 Å². The highest BCUT2D eigenvalue weighted by atomic mass is 16.1. The minimum Gasteiger partial charge on any atom is -0.384 e. The zero-order valence-corrected chi connectivity index (χ0v) is 15.8. The molecule has 0 aliphatic rings. The van der Waals surface area contributed by atoms with E-state index in [1.807, 2.05) is 54.6 Å². The lowest BCUT2D eigenvalue weighted by Crippen LogP contribution is -2.25. The van der Waals surface area contributed by atoms with Crippen LogP contribution in [0.5, 0.6) is 0 Å².